The molecule has 0 bridgehead atoms. The van der Waals surface area contributed by atoms with Gasteiger partial charge in [-0.25, -0.2) is 0 Å². The standard InChI is InChI=1S/C15H27N3O2/c1-4-7-17-15(19)13(2)18-9-5-6-14(12-18)11-16-8-10-20-3/h1,13-14,16H,5-12H2,2-3H3,(H,17,19). The summed E-state index contributed by atoms with van der Waals surface area (Å²) in [6.07, 6.45) is 7.52. The Hall–Kier alpha value is -1.09. The normalized spacial score (nSPS) is 21.1. The van der Waals surface area contributed by atoms with Crippen LogP contribution in [0.3, 0.4) is 0 Å². The van der Waals surface area contributed by atoms with Crippen LogP contribution >= 0.6 is 0 Å². The summed E-state index contributed by atoms with van der Waals surface area (Å²) >= 11 is 0. The molecule has 0 aromatic rings. The van der Waals surface area contributed by atoms with Crippen LogP contribution in [0.25, 0.3) is 0 Å². The molecule has 1 heterocycles. The van der Waals surface area contributed by atoms with Crippen LogP contribution in [-0.4, -0.2) is 63.3 Å². The van der Waals surface area contributed by atoms with Crippen molar-refractivity contribution in [2.75, 3.05) is 46.4 Å². The number of nitrogens with zero attached hydrogens (tertiary/aromatic N) is 1. The van der Waals surface area contributed by atoms with Crippen molar-refractivity contribution in [1.29, 1.82) is 0 Å². The van der Waals surface area contributed by atoms with Crippen LogP contribution in [0, 0.1) is 18.3 Å². The first-order valence-corrected chi connectivity index (χ1v) is 7.34. The lowest BCUT2D eigenvalue weighted by molar-refractivity contribution is -0.126. The third-order valence-electron chi connectivity index (χ3n) is 3.76. The lowest BCUT2D eigenvalue weighted by Gasteiger charge is -2.36. The van der Waals surface area contributed by atoms with E-state index in [0.717, 1.165) is 39.2 Å². The number of piperidine rings is 1. The number of hydrogen-bond donors (Lipinski definition) is 2. The zero-order valence-corrected chi connectivity index (χ0v) is 12.7. The van der Waals surface area contributed by atoms with Gasteiger partial charge >= 0.3 is 0 Å². The minimum atomic E-state index is -0.106. The van der Waals surface area contributed by atoms with Crippen molar-refractivity contribution >= 4 is 5.91 Å². The van der Waals surface area contributed by atoms with Gasteiger partial charge in [-0.2, -0.15) is 0 Å². The van der Waals surface area contributed by atoms with Gasteiger partial charge in [-0.3, -0.25) is 9.69 Å². The number of methoxy groups -OCH3 is 1. The van der Waals surface area contributed by atoms with Gasteiger partial charge in [-0.1, -0.05) is 5.92 Å². The van der Waals surface area contributed by atoms with Crippen molar-refractivity contribution in [2.45, 2.75) is 25.8 Å². The molecule has 0 saturated carbocycles. The summed E-state index contributed by atoms with van der Waals surface area (Å²) in [5.41, 5.74) is 0. The number of carbonyl (C=O) groups is 1. The maximum atomic E-state index is 11.9. The zero-order chi connectivity index (χ0) is 14.8. The van der Waals surface area contributed by atoms with E-state index in [1.807, 2.05) is 6.92 Å². The number of carbonyl (C=O) groups excluding carboxylic acids is 1. The van der Waals surface area contributed by atoms with E-state index in [1.54, 1.807) is 7.11 Å². The first kappa shape index (κ1) is 17.0. The molecule has 0 spiro atoms. The van der Waals surface area contributed by atoms with Gasteiger partial charge in [0.25, 0.3) is 0 Å². The SMILES string of the molecule is C#CCNC(=O)C(C)N1CCCC(CNCCOC)C1. The molecule has 0 aliphatic carbocycles. The molecule has 1 saturated heterocycles. The Morgan fingerprint density at radius 1 is 1.60 bits per heavy atom. The molecular weight excluding hydrogens is 254 g/mol. The lowest BCUT2D eigenvalue weighted by Crippen LogP contribution is -2.50. The number of terminal acetylenes is 1. The van der Waals surface area contributed by atoms with Gasteiger partial charge in [0.05, 0.1) is 19.2 Å². The van der Waals surface area contributed by atoms with E-state index in [1.165, 1.54) is 6.42 Å². The maximum absolute atomic E-state index is 11.9. The number of hydrogen-bond acceptors (Lipinski definition) is 4. The van der Waals surface area contributed by atoms with Gasteiger partial charge in [0.1, 0.15) is 0 Å². The van der Waals surface area contributed by atoms with Gasteiger partial charge in [-0.15, -0.1) is 6.42 Å². The Bertz CT molecular complexity index is 328. The van der Waals surface area contributed by atoms with Crippen LogP contribution in [0.5, 0.6) is 0 Å². The third kappa shape index (κ3) is 5.91. The summed E-state index contributed by atoms with van der Waals surface area (Å²) < 4.78 is 5.02. The topological polar surface area (TPSA) is 53.6 Å². The molecule has 5 heteroatoms. The molecule has 20 heavy (non-hydrogen) atoms. The van der Waals surface area contributed by atoms with E-state index in [9.17, 15) is 4.79 Å². The lowest BCUT2D eigenvalue weighted by atomic mass is 9.96. The second kappa shape index (κ2) is 9.76. The van der Waals surface area contributed by atoms with E-state index < -0.39 is 0 Å². The fourth-order valence-electron chi connectivity index (χ4n) is 2.55. The number of amides is 1. The molecule has 1 aliphatic rings. The summed E-state index contributed by atoms with van der Waals surface area (Å²) in [5.74, 6) is 3.06. The fraction of sp³-hybridized carbons (Fsp3) is 0.800. The van der Waals surface area contributed by atoms with Crippen LogP contribution < -0.4 is 10.6 Å². The van der Waals surface area contributed by atoms with Crippen molar-refractivity contribution in [3.63, 3.8) is 0 Å². The fourth-order valence-corrected chi connectivity index (χ4v) is 2.55. The molecule has 0 aromatic heterocycles. The van der Waals surface area contributed by atoms with Crippen LogP contribution in [0.15, 0.2) is 0 Å². The van der Waals surface area contributed by atoms with Gasteiger partial charge in [-0.05, 0) is 38.8 Å². The van der Waals surface area contributed by atoms with Crippen molar-refractivity contribution in [3.8, 4) is 12.3 Å². The van der Waals surface area contributed by atoms with Gasteiger partial charge < -0.3 is 15.4 Å². The number of likely N-dealkylation sites (tertiary alicyclic amines) is 1. The molecule has 0 aromatic carbocycles. The minimum absolute atomic E-state index is 0.0240. The summed E-state index contributed by atoms with van der Waals surface area (Å²) in [7, 11) is 1.71. The Morgan fingerprint density at radius 3 is 3.10 bits per heavy atom. The van der Waals surface area contributed by atoms with Crippen molar-refractivity contribution in [1.82, 2.24) is 15.5 Å². The summed E-state index contributed by atoms with van der Waals surface area (Å²) in [6.45, 7) is 6.81. The summed E-state index contributed by atoms with van der Waals surface area (Å²) in [4.78, 5) is 14.2. The van der Waals surface area contributed by atoms with Crippen molar-refractivity contribution < 1.29 is 9.53 Å². The third-order valence-corrected chi connectivity index (χ3v) is 3.76. The molecule has 2 unspecified atom stereocenters. The highest BCUT2D eigenvalue weighted by Gasteiger charge is 2.26. The number of ether oxygens (including phenoxy) is 1. The molecule has 2 N–H and O–H groups in total. The van der Waals surface area contributed by atoms with Crippen LogP contribution in [0.1, 0.15) is 19.8 Å². The molecule has 1 rings (SSSR count). The van der Waals surface area contributed by atoms with Crippen LogP contribution in [-0.2, 0) is 9.53 Å². The molecule has 0 radical (unpaired) electrons. The molecule has 1 fully saturated rings. The maximum Gasteiger partial charge on any atom is 0.237 e. The predicted molar refractivity (Wildman–Crippen MR) is 80.3 cm³/mol. The number of nitrogens with one attached hydrogen (secondary N) is 2. The van der Waals surface area contributed by atoms with E-state index in [2.05, 4.69) is 21.5 Å². The highest BCUT2D eigenvalue weighted by Crippen LogP contribution is 2.17. The first-order chi connectivity index (χ1) is 9.69. The first-order valence-electron chi connectivity index (χ1n) is 7.34. The molecule has 5 nitrogen and oxygen atoms in total. The smallest absolute Gasteiger partial charge is 0.237 e. The van der Waals surface area contributed by atoms with Crippen molar-refractivity contribution in [2.24, 2.45) is 5.92 Å². The molecular formula is C15H27N3O2. The highest BCUT2D eigenvalue weighted by molar-refractivity contribution is 5.81. The molecule has 2 atom stereocenters. The average Bonchev–Trinajstić information content (AvgIpc) is 2.48. The minimum Gasteiger partial charge on any atom is -0.383 e. The van der Waals surface area contributed by atoms with Crippen molar-refractivity contribution in [3.05, 3.63) is 0 Å². The number of rotatable bonds is 8. The van der Waals surface area contributed by atoms with E-state index in [-0.39, 0.29) is 11.9 Å². The van der Waals surface area contributed by atoms with Gasteiger partial charge in [0.15, 0.2) is 0 Å². The summed E-state index contributed by atoms with van der Waals surface area (Å²) in [5, 5.41) is 6.16. The molecule has 1 aliphatic heterocycles. The van der Waals surface area contributed by atoms with Crippen LogP contribution in [0.4, 0.5) is 0 Å². The van der Waals surface area contributed by atoms with E-state index >= 15 is 0 Å². The second-order valence-corrected chi connectivity index (χ2v) is 5.30. The Balaban J connectivity index is 2.32. The Morgan fingerprint density at radius 2 is 2.40 bits per heavy atom. The Labute approximate surface area is 122 Å². The molecule has 1 amide bonds. The van der Waals surface area contributed by atoms with Gasteiger partial charge in [0, 0.05) is 20.2 Å². The van der Waals surface area contributed by atoms with Gasteiger partial charge in [0.2, 0.25) is 5.91 Å². The second-order valence-electron chi connectivity index (χ2n) is 5.30. The molecule has 114 valence electrons. The van der Waals surface area contributed by atoms with E-state index in [4.69, 9.17) is 11.2 Å². The van der Waals surface area contributed by atoms with Crippen LogP contribution in [0.2, 0.25) is 0 Å². The summed E-state index contributed by atoms with van der Waals surface area (Å²) in [6, 6.07) is -0.106. The zero-order valence-electron chi connectivity index (χ0n) is 12.7. The Kier molecular flexibility index (Phi) is 8.28. The largest absolute Gasteiger partial charge is 0.383 e. The average molecular weight is 281 g/mol. The monoisotopic (exact) mass is 281 g/mol. The van der Waals surface area contributed by atoms with E-state index in [0.29, 0.717) is 12.5 Å². The predicted octanol–water partition coefficient (Wildman–Crippen LogP) is 0.0723. The highest BCUT2D eigenvalue weighted by atomic mass is 16.5. The quantitative estimate of drug-likeness (QED) is 0.488.